The highest BCUT2D eigenvalue weighted by Crippen LogP contribution is 2.54. The van der Waals surface area contributed by atoms with E-state index in [1.54, 1.807) is 0 Å². The van der Waals surface area contributed by atoms with Crippen molar-refractivity contribution in [1.82, 2.24) is 10.2 Å². The van der Waals surface area contributed by atoms with Gasteiger partial charge in [0.1, 0.15) is 5.54 Å². The SMILES string of the molecule is O=C1[C@@H]2[C@H](Cc3ccccc3)N[C@]3(C(=O)Nc4ccccc43)[C@@H]2C(=O)N1C1CCCC1. The fraction of sp³-hybridized carbons (Fsp3) is 0.400. The number of carbonyl (C=O) groups is 3. The summed E-state index contributed by atoms with van der Waals surface area (Å²) in [4.78, 5) is 42.4. The lowest BCUT2D eigenvalue weighted by Gasteiger charge is -2.31. The molecule has 1 aliphatic carbocycles. The number of imide groups is 1. The highest BCUT2D eigenvalue weighted by Gasteiger charge is 2.70. The summed E-state index contributed by atoms with van der Waals surface area (Å²) in [6.45, 7) is 0. The number of anilines is 1. The third-order valence-electron chi connectivity index (χ3n) is 7.64. The highest BCUT2D eigenvalue weighted by molar-refractivity contribution is 6.15. The van der Waals surface area contributed by atoms with Gasteiger partial charge in [-0.05, 0) is 30.9 Å². The molecule has 4 atom stereocenters. The molecule has 0 unspecified atom stereocenters. The second-order valence-electron chi connectivity index (χ2n) is 9.24. The molecule has 6 heteroatoms. The van der Waals surface area contributed by atoms with Crippen molar-refractivity contribution in [3.63, 3.8) is 0 Å². The third kappa shape index (κ3) is 2.51. The average molecular weight is 415 g/mol. The quantitative estimate of drug-likeness (QED) is 0.756. The molecule has 158 valence electrons. The number of likely N-dealkylation sites (tertiary alicyclic amines) is 1. The lowest BCUT2D eigenvalue weighted by molar-refractivity contribution is -0.145. The zero-order valence-electron chi connectivity index (χ0n) is 17.2. The Morgan fingerprint density at radius 2 is 1.61 bits per heavy atom. The van der Waals surface area contributed by atoms with Crippen molar-refractivity contribution in [2.45, 2.75) is 49.7 Å². The van der Waals surface area contributed by atoms with Gasteiger partial charge >= 0.3 is 0 Å². The molecule has 0 aromatic heterocycles. The van der Waals surface area contributed by atoms with Crippen LogP contribution in [0, 0.1) is 11.8 Å². The summed E-state index contributed by atoms with van der Waals surface area (Å²) in [6.07, 6.45) is 4.40. The van der Waals surface area contributed by atoms with Crippen molar-refractivity contribution in [2.75, 3.05) is 5.32 Å². The van der Waals surface area contributed by atoms with Crippen molar-refractivity contribution in [2.24, 2.45) is 11.8 Å². The summed E-state index contributed by atoms with van der Waals surface area (Å²) < 4.78 is 0. The van der Waals surface area contributed by atoms with E-state index in [-0.39, 0.29) is 29.8 Å². The van der Waals surface area contributed by atoms with Crippen LogP contribution < -0.4 is 10.6 Å². The largest absolute Gasteiger partial charge is 0.324 e. The Kier molecular flexibility index (Phi) is 4.09. The van der Waals surface area contributed by atoms with Crippen LogP contribution in [0.25, 0.3) is 0 Å². The summed E-state index contributed by atoms with van der Waals surface area (Å²) in [5, 5.41) is 6.48. The number of fused-ring (bicyclic) bond motifs is 4. The maximum atomic E-state index is 13.8. The number of nitrogens with one attached hydrogen (secondary N) is 2. The summed E-state index contributed by atoms with van der Waals surface area (Å²) in [5.41, 5.74) is 1.39. The van der Waals surface area contributed by atoms with Crippen molar-refractivity contribution in [3.8, 4) is 0 Å². The van der Waals surface area contributed by atoms with Gasteiger partial charge in [-0.25, -0.2) is 0 Å². The van der Waals surface area contributed by atoms with Crippen LogP contribution in [-0.2, 0) is 26.3 Å². The van der Waals surface area contributed by atoms with Crippen molar-refractivity contribution in [1.29, 1.82) is 0 Å². The second-order valence-corrected chi connectivity index (χ2v) is 9.24. The van der Waals surface area contributed by atoms with Gasteiger partial charge in [-0.2, -0.15) is 0 Å². The van der Waals surface area contributed by atoms with Gasteiger partial charge in [-0.1, -0.05) is 61.4 Å². The van der Waals surface area contributed by atoms with Gasteiger partial charge in [0.25, 0.3) is 0 Å². The summed E-state index contributed by atoms with van der Waals surface area (Å²) in [5.74, 6) is -1.77. The Labute approximate surface area is 181 Å². The first-order chi connectivity index (χ1) is 15.1. The van der Waals surface area contributed by atoms with Gasteiger partial charge in [0, 0.05) is 23.3 Å². The zero-order valence-corrected chi connectivity index (χ0v) is 17.2. The maximum Gasteiger partial charge on any atom is 0.250 e. The first-order valence-electron chi connectivity index (χ1n) is 11.2. The van der Waals surface area contributed by atoms with Gasteiger partial charge < -0.3 is 5.32 Å². The molecule has 3 heterocycles. The molecule has 6 nitrogen and oxygen atoms in total. The molecule has 2 saturated heterocycles. The molecule has 2 aromatic rings. The lowest BCUT2D eigenvalue weighted by atomic mass is 9.76. The van der Waals surface area contributed by atoms with Gasteiger partial charge in [0.2, 0.25) is 17.7 Å². The Morgan fingerprint density at radius 3 is 2.39 bits per heavy atom. The van der Waals surface area contributed by atoms with Gasteiger partial charge in [-0.3, -0.25) is 24.6 Å². The first-order valence-corrected chi connectivity index (χ1v) is 11.2. The van der Waals surface area contributed by atoms with Crippen LogP contribution in [0.2, 0.25) is 0 Å². The molecule has 0 bridgehead atoms. The van der Waals surface area contributed by atoms with Gasteiger partial charge in [0.05, 0.1) is 11.8 Å². The predicted molar refractivity (Wildman–Crippen MR) is 115 cm³/mol. The van der Waals surface area contributed by atoms with Crippen molar-refractivity contribution in [3.05, 3.63) is 65.7 Å². The molecule has 6 rings (SSSR count). The molecule has 3 amide bonds. The number of para-hydroxylation sites is 1. The number of nitrogens with zero attached hydrogens (tertiary/aromatic N) is 1. The lowest BCUT2D eigenvalue weighted by Crippen LogP contribution is -2.54. The van der Waals surface area contributed by atoms with Gasteiger partial charge in [0.15, 0.2) is 0 Å². The zero-order chi connectivity index (χ0) is 21.2. The molecular formula is C25H25N3O3. The minimum absolute atomic E-state index is 0.0280. The Bertz CT molecular complexity index is 1080. The van der Waals surface area contributed by atoms with Crippen LogP contribution in [0.15, 0.2) is 54.6 Å². The van der Waals surface area contributed by atoms with E-state index in [1.165, 1.54) is 4.90 Å². The fourth-order valence-corrected chi connectivity index (χ4v) is 6.35. The van der Waals surface area contributed by atoms with Crippen LogP contribution in [0.3, 0.4) is 0 Å². The van der Waals surface area contributed by atoms with E-state index in [1.807, 2.05) is 54.6 Å². The molecular weight excluding hydrogens is 390 g/mol. The molecule has 3 fully saturated rings. The molecule has 2 N–H and O–H groups in total. The van der Waals surface area contributed by atoms with E-state index in [0.29, 0.717) is 6.42 Å². The standard InChI is InChI=1S/C25H25N3O3/c29-22-20-19(14-15-8-2-1-3-9-15)27-25(17-12-6-7-13-18(17)26-24(25)31)21(20)23(30)28(22)16-10-4-5-11-16/h1-3,6-9,12-13,16,19-21,27H,4-5,10-11,14H2,(H,26,31)/t19-,20+,21-,25-/m0/s1. The third-order valence-corrected chi connectivity index (χ3v) is 7.64. The Balaban J connectivity index is 1.47. The van der Waals surface area contributed by atoms with Crippen LogP contribution in [0.1, 0.15) is 36.8 Å². The van der Waals surface area contributed by atoms with Crippen molar-refractivity contribution < 1.29 is 14.4 Å². The van der Waals surface area contributed by atoms with E-state index in [9.17, 15) is 14.4 Å². The van der Waals surface area contributed by atoms with Crippen LogP contribution >= 0.6 is 0 Å². The fourth-order valence-electron chi connectivity index (χ4n) is 6.35. The molecule has 1 spiro atoms. The first kappa shape index (κ1) is 18.8. The molecule has 4 aliphatic rings. The maximum absolute atomic E-state index is 13.8. The molecule has 2 aromatic carbocycles. The topological polar surface area (TPSA) is 78.5 Å². The number of benzene rings is 2. The average Bonchev–Trinajstić information content (AvgIpc) is 3.52. The van der Waals surface area contributed by atoms with E-state index in [2.05, 4.69) is 10.6 Å². The molecule has 31 heavy (non-hydrogen) atoms. The van der Waals surface area contributed by atoms with E-state index >= 15 is 0 Å². The number of rotatable bonds is 3. The van der Waals surface area contributed by atoms with Crippen LogP contribution in [0.5, 0.6) is 0 Å². The summed E-state index contributed by atoms with van der Waals surface area (Å²) in [7, 11) is 0. The smallest absolute Gasteiger partial charge is 0.250 e. The highest BCUT2D eigenvalue weighted by atomic mass is 16.2. The monoisotopic (exact) mass is 415 g/mol. The van der Waals surface area contributed by atoms with Crippen molar-refractivity contribution >= 4 is 23.4 Å². The minimum atomic E-state index is -1.19. The number of hydrogen-bond acceptors (Lipinski definition) is 4. The second kappa shape index (κ2) is 6.76. The number of amides is 3. The predicted octanol–water partition coefficient (Wildman–Crippen LogP) is 2.59. The normalized spacial score (nSPS) is 32.1. The van der Waals surface area contributed by atoms with E-state index in [4.69, 9.17) is 0 Å². The van der Waals surface area contributed by atoms with Gasteiger partial charge in [-0.15, -0.1) is 0 Å². The van der Waals surface area contributed by atoms with E-state index in [0.717, 1.165) is 42.5 Å². The summed E-state index contributed by atoms with van der Waals surface area (Å²) in [6, 6.07) is 17.2. The Hall–Kier alpha value is -2.99. The minimum Gasteiger partial charge on any atom is -0.324 e. The molecule has 3 aliphatic heterocycles. The van der Waals surface area contributed by atoms with Crippen LogP contribution in [-0.4, -0.2) is 34.7 Å². The van der Waals surface area contributed by atoms with E-state index < -0.39 is 17.4 Å². The molecule has 0 radical (unpaired) electrons. The number of carbonyl (C=O) groups excluding carboxylic acids is 3. The number of hydrogen-bond donors (Lipinski definition) is 2. The molecule has 1 saturated carbocycles. The van der Waals surface area contributed by atoms with Crippen LogP contribution in [0.4, 0.5) is 5.69 Å². The summed E-state index contributed by atoms with van der Waals surface area (Å²) >= 11 is 0. The Morgan fingerprint density at radius 1 is 0.903 bits per heavy atom.